The van der Waals surface area contributed by atoms with Crippen molar-refractivity contribution in [1.29, 1.82) is 0 Å². The number of hydrazone groups is 1. The maximum Gasteiger partial charge on any atom is 0.357 e. The van der Waals surface area contributed by atoms with Crippen molar-refractivity contribution in [2.75, 3.05) is 12.1 Å². The van der Waals surface area contributed by atoms with Crippen LogP contribution in [0.4, 0.5) is 11.4 Å². The highest BCUT2D eigenvalue weighted by Gasteiger charge is 2.48. The molecule has 10 nitrogen and oxygen atoms in total. The fraction of sp³-hybridized carbons (Fsp3) is 0.200. The summed E-state index contributed by atoms with van der Waals surface area (Å²) in [6.07, 6.45) is -1.20. The lowest BCUT2D eigenvalue weighted by Gasteiger charge is -2.25. The van der Waals surface area contributed by atoms with Crippen molar-refractivity contribution in [2.24, 2.45) is 5.10 Å². The number of carbonyl (C=O) groups is 3. The molecule has 1 aliphatic heterocycles. The first-order valence-corrected chi connectivity index (χ1v) is 8.82. The van der Waals surface area contributed by atoms with Gasteiger partial charge >= 0.3 is 5.97 Å². The van der Waals surface area contributed by atoms with Crippen LogP contribution in [0, 0.1) is 10.1 Å². The number of carbonyl (C=O) groups excluding carboxylic acids is 3. The van der Waals surface area contributed by atoms with Crippen LogP contribution in [0.25, 0.3) is 0 Å². The van der Waals surface area contributed by atoms with E-state index in [1.807, 2.05) is 6.07 Å². The number of hydrogen-bond donors (Lipinski definition) is 0. The third kappa shape index (κ3) is 4.08. The molecule has 2 atom stereocenters. The summed E-state index contributed by atoms with van der Waals surface area (Å²) in [5.41, 5.74) is 0.0720. The van der Waals surface area contributed by atoms with Crippen molar-refractivity contribution in [3.8, 4) is 0 Å². The van der Waals surface area contributed by atoms with Crippen LogP contribution in [0.5, 0.6) is 0 Å². The largest absolute Gasteiger partial charge is 0.464 e. The maximum atomic E-state index is 12.5. The fourth-order valence-corrected chi connectivity index (χ4v) is 3.06. The van der Waals surface area contributed by atoms with Crippen LogP contribution in [0.3, 0.4) is 0 Å². The molecule has 154 valence electrons. The first-order valence-electron chi connectivity index (χ1n) is 8.82. The lowest BCUT2D eigenvalue weighted by molar-refractivity contribution is -0.384. The standard InChI is InChI=1S/C20H17N3O7/c1-29-20(26)17-19(30-12-13-7-3-2-4-8-13)18(16(25)11-24)22(21-17)14-9-5-6-10-15(14)23(27)28/h2-11,18-19H,12H2,1H3. The van der Waals surface area contributed by atoms with E-state index >= 15 is 0 Å². The second-order valence-electron chi connectivity index (χ2n) is 6.25. The second kappa shape index (κ2) is 9.05. The van der Waals surface area contributed by atoms with Crippen molar-refractivity contribution in [1.82, 2.24) is 0 Å². The molecule has 0 N–H and O–H groups in total. The van der Waals surface area contributed by atoms with Crippen molar-refractivity contribution in [3.05, 3.63) is 70.3 Å². The van der Waals surface area contributed by atoms with Crippen molar-refractivity contribution in [2.45, 2.75) is 18.8 Å². The fourth-order valence-electron chi connectivity index (χ4n) is 3.06. The van der Waals surface area contributed by atoms with Gasteiger partial charge in [-0.1, -0.05) is 42.5 Å². The van der Waals surface area contributed by atoms with Gasteiger partial charge in [-0.25, -0.2) is 9.80 Å². The number of esters is 1. The summed E-state index contributed by atoms with van der Waals surface area (Å²) in [6.45, 7) is 0.00881. The number of anilines is 1. The number of nitro benzene ring substituents is 1. The molecule has 3 rings (SSSR count). The van der Waals surface area contributed by atoms with Gasteiger partial charge in [0, 0.05) is 6.07 Å². The third-order valence-corrected chi connectivity index (χ3v) is 4.44. The summed E-state index contributed by atoms with van der Waals surface area (Å²) in [4.78, 5) is 46.9. The van der Waals surface area contributed by atoms with Gasteiger partial charge < -0.3 is 9.47 Å². The predicted molar refractivity (Wildman–Crippen MR) is 105 cm³/mol. The van der Waals surface area contributed by atoms with E-state index in [-0.39, 0.29) is 30.0 Å². The van der Waals surface area contributed by atoms with E-state index < -0.39 is 28.8 Å². The average Bonchev–Trinajstić information content (AvgIpc) is 3.16. The van der Waals surface area contributed by atoms with Crippen LogP contribution in [0.2, 0.25) is 0 Å². The van der Waals surface area contributed by atoms with Gasteiger partial charge in [-0.2, -0.15) is 5.10 Å². The minimum absolute atomic E-state index is 0.00881. The quantitative estimate of drug-likeness (QED) is 0.211. The SMILES string of the molecule is COC(=O)C1=NN(c2ccccc2[N+](=O)[O-])C(C(=O)C=O)C1OCc1ccccc1. The molecule has 2 aromatic carbocycles. The van der Waals surface area contributed by atoms with Crippen molar-refractivity contribution < 1.29 is 28.8 Å². The Morgan fingerprint density at radius 2 is 1.83 bits per heavy atom. The number of Topliss-reactive ketones (excluding diaryl/α,β-unsaturated/α-hetero) is 1. The highest BCUT2D eigenvalue weighted by Crippen LogP contribution is 2.34. The van der Waals surface area contributed by atoms with Crippen LogP contribution < -0.4 is 5.01 Å². The van der Waals surface area contributed by atoms with Gasteiger partial charge in [0.05, 0.1) is 18.6 Å². The Morgan fingerprint density at radius 3 is 2.47 bits per heavy atom. The Bertz CT molecular complexity index is 1010. The number of nitrogens with zero attached hydrogens (tertiary/aromatic N) is 3. The molecule has 0 saturated heterocycles. The minimum atomic E-state index is -1.40. The number of benzene rings is 2. The molecular formula is C20H17N3O7. The van der Waals surface area contributed by atoms with Gasteiger partial charge in [0.15, 0.2) is 18.0 Å². The molecular weight excluding hydrogens is 394 g/mol. The number of nitro groups is 1. The van der Waals surface area contributed by atoms with E-state index in [0.717, 1.165) is 17.7 Å². The molecule has 0 radical (unpaired) electrons. The monoisotopic (exact) mass is 411 g/mol. The molecule has 0 aliphatic carbocycles. The summed E-state index contributed by atoms with van der Waals surface area (Å²) in [5, 5.41) is 16.5. The zero-order valence-corrected chi connectivity index (χ0v) is 15.8. The Hall–Kier alpha value is -3.92. The number of rotatable bonds is 8. The van der Waals surface area contributed by atoms with Gasteiger partial charge in [-0.15, -0.1) is 0 Å². The molecule has 0 aromatic heterocycles. The summed E-state index contributed by atoms with van der Waals surface area (Å²) in [5.74, 6) is -1.83. The molecule has 0 saturated carbocycles. The number of para-hydroxylation sites is 2. The Labute approximate surface area is 170 Å². The van der Waals surface area contributed by atoms with Crippen LogP contribution in [0.1, 0.15) is 5.56 Å². The molecule has 0 spiro atoms. The normalized spacial score (nSPS) is 17.9. The smallest absolute Gasteiger partial charge is 0.357 e. The molecule has 10 heteroatoms. The van der Waals surface area contributed by atoms with E-state index in [2.05, 4.69) is 5.10 Å². The zero-order valence-electron chi connectivity index (χ0n) is 15.8. The number of aldehydes is 1. The summed E-state index contributed by atoms with van der Waals surface area (Å²) in [7, 11) is 1.13. The Balaban J connectivity index is 2.05. The first kappa shape index (κ1) is 20.8. The molecule has 2 aromatic rings. The molecule has 1 aliphatic rings. The molecule has 0 amide bonds. The summed E-state index contributed by atoms with van der Waals surface area (Å²) >= 11 is 0. The summed E-state index contributed by atoms with van der Waals surface area (Å²) < 4.78 is 10.5. The summed E-state index contributed by atoms with van der Waals surface area (Å²) in [6, 6.07) is 13.1. The maximum absolute atomic E-state index is 12.5. The molecule has 1 heterocycles. The van der Waals surface area contributed by atoms with Crippen molar-refractivity contribution in [3.63, 3.8) is 0 Å². The minimum Gasteiger partial charge on any atom is -0.464 e. The van der Waals surface area contributed by atoms with E-state index in [1.54, 1.807) is 24.3 Å². The first-order chi connectivity index (χ1) is 14.5. The average molecular weight is 411 g/mol. The highest BCUT2D eigenvalue weighted by atomic mass is 16.6. The number of ketones is 1. The van der Waals surface area contributed by atoms with Gasteiger partial charge in [-0.05, 0) is 11.6 Å². The van der Waals surface area contributed by atoms with Crippen LogP contribution in [0.15, 0.2) is 59.7 Å². The number of hydrogen-bond acceptors (Lipinski definition) is 9. The van der Waals surface area contributed by atoms with E-state index in [9.17, 15) is 24.5 Å². The predicted octanol–water partition coefficient (Wildman–Crippen LogP) is 1.67. The van der Waals surface area contributed by atoms with Gasteiger partial charge in [-0.3, -0.25) is 19.7 Å². The highest BCUT2D eigenvalue weighted by molar-refractivity contribution is 6.42. The van der Waals surface area contributed by atoms with Crippen LogP contribution in [-0.4, -0.2) is 47.9 Å². The lowest BCUT2D eigenvalue weighted by Crippen LogP contribution is -2.47. The zero-order chi connectivity index (χ0) is 21.7. The molecule has 0 fully saturated rings. The van der Waals surface area contributed by atoms with Gasteiger partial charge in [0.1, 0.15) is 11.8 Å². The third-order valence-electron chi connectivity index (χ3n) is 4.44. The van der Waals surface area contributed by atoms with E-state index in [0.29, 0.717) is 0 Å². The lowest BCUT2D eigenvalue weighted by atomic mass is 10.0. The Morgan fingerprint density at radius 1 is 1.17 bits per heavy atom. The molecule has 0 bridgehead atoms. The second-order valence-corrected chi connectivity index (χ2v) is 6.25. The van der Waals surface area contributed by atoms with Crippen LogP contribution in [-0.2, 0) is 30.5 Å². The van der Waals surface area contributed by atoms with Crippen LogP contribution >= 0.6 is 0 Å². The topological polar surface area (TPSA) is 128 Å². The number of methoxy groups -OCH3 is 1. The van der Waals surface area contributed by atoms with E-state index in [4.69, 9.17) is 9.47 Å². The van der Waals surface area contributed by atoms with E-state index in [1.165, 1.54) is 24.3 Å². The van der Waals surface area contributed by atoms with Crippen molar-refractivity contribution >= 4 is 35.1 Å². The molecule has 2 unspecified atom stereocenters. The van der Waals surface area contributed by atoms with Gasteiger partial charge in [0.25, 0.3) is 5.69 Å². The Kier molecular flexibility index (Phi) is 6.28. The molecule has 30 heavy (non-hydrogen) atoms. The number of ether oxygens (including phenoxy) is 2. The van der Waals surface area contributed by atoms with Gasteiger partial charge in [0.2, 0.25) is 5.78 Å².